The van der Waals surface area contributed by atoms with Crippen molar-refractivity contribution in [2.75, 3.05) is 18.7 Å². The monoisotopic (exact) mass is 991 g/mol. The molecule has 3 N–H and O–H groups in total. The Hall–Kier alpha value is -5.47. The van der Waals surface area contributed by atoms with Gasteiger partial charge in [-0.05, 0) is 63.5 Å². The number of ether oxygens (including phenoxy) is 9. The Morgan fingerprint density at radius 1 is 0.897 bits per heavy atom. The van der Waals surface area contributed by atoms with E-state index in [1.807, 2.05) is 0 Å². The van der Waals surface area contributed by atoms with E-state index in [0.717, 1.165) is 6.92 Å². The predicted molar refractivity (Wildman–Crippen MR) is 236 cm³/mol. The van der Waals surface area contributed by atoms with Gasteiger partial charge in [-0.15, -0.1) is 0 Å². The summed E-state index contributed by atoms with van der Waals surface area (Å²) < 4.78 is 51.1. The maximum atomic E-state index is 15.7. The minimum Gasteiger partial charge on any atom is -0.455 e. The fourth-order valence-corrected chi connectivity index (χ4v) is 10.3. The van der Waals surface area contributed by atoms with E-state index in [9.17, 15) is 39.0 Å². The first-order valence-corrected chi connectivity index (χ1v) is 22.7. The Morgan fingerprint density at radius 2 is 1.50 bits per heavy atom. The number of carbonyl (C=O) groups excluding carboxylic acids is 7. The largest absolute Gasteiger partial charge is 0.510 e. The Labute approximate surface area is 401 Å². The van der Waals surface area contributed by atoms with Gasteiger partial charge in [0, 0.05) is 25.2 Å². The number of aliphatic hydroxyl groups excluding tert-OH is 1. The lowest BCUT2D eigenvalue weighted by molar-refractivity contribution is -0.346. The van der Waals surface area contributed by atoms with Gasteiger partial charge in [0.15, 0.2) is 29.6 Å². The molecule has 68 heavy (non-hydrogen) atoms. The summed E-state index contributed by atoms with van der Waals surface area (Å²) in [5.74, 6) is -5.89. The molecular weight excluding hydrogens is 937 g/mol. The number of hydrogen-bond donors (Lipinski definition) is 3. The number of alkyl carbamates (subject to hydrolysis) is 1. The van der Waals surface area contributed by atoms with Crippen LogP contribution in [0.2, 0.25) is 0 Å². The van der Waals surface area contributed by atoms with Crippen molar-refractivity contribution < 1.29 is 86.4 Å². The van der Waals surface area contributed by atoms with Crippen LogP contribution in [0.3, 0.4) is 0 Å². The van der Waals surface area contributed by atoms with Gasteiger partial charge in [-0.25, -0.2) is 24.0 Å². The van der Waals surface area contributed by atoms with Crippen LogP contribution >= 0.6 is 23.2 Å². The Kier molecular flexibility index (Phi) is 15.2. The lowest BCUT2D eigenvalue weighted by atomic mass is 9.44. The second-order valence-corrected chi connectivity index (χ2v) is 19.2. The number of amides is 1. The molecule has 0 spiro atoms. The van der Waals surface area contributed by atoms with Gasteiger partial charge in [-0.3, -0.25) is 9.59 Å². The molecule has 370 valence electrons. The third kappa shape index (κ3) is 9.72. The van der Waals surface area contributed by atoms with Gasteiger partial charge in [0.1, 0.15) is 35.6 Å². The summed E-state index contributed by atoms with van der Waals surface area (Å²) in [5.41, 5.74) is -9.41. The predicted octanol–water partition coefficient (Wildman–Crippen LogP) is 5.97. The van der Waals surface area contributed by atoms with Gasteiger partial charge in [0.25, 0.3) is 0 Å². The molecule has 2 saturated carbocycles. The summed E-state index contributed by atoms with van der Waals surface area (Å²) in [7, 11) is 0. The van der Waals surface area contributed by atoms with E-state index in [0.29, 0.717) is 0 Å². The van der Waals surface area contributed by atoms with Crippen LogP contribution in [0.4, 0.5) is 14.4 Å². The van der Waals surface area contributed by atoms with Crippen molar-refractivity contribution in [3.8, 4) is 0 Å². The number of esters is 3. The highest BCUT2D eigenvalue weighted by molar-refractivity contribution is 6.17. The maximum absolute atomic E-state index is 15.7. The van der Waals surface area contributed by atoms with Gasteiger partial charge in [0.2, 0.25) is 6.10 Å². The van der Waals surface area contributed by atoms with Crippen LogP contribution in [-0.4, -0.2) is 124 Å². The Bertz CT molecular complexity index is 2300. The third-order valence-electron chi connectivity index (χ3n) is 13.3. The van der Waals surface area contributed by atoms with Crippen LogP contribution in [0.25, 0.3) is 0 Å². The van der Waals surface area contributed by atoms with Gasteiger partial charge in [0.05, 0.1) is 29.6 Å². The number of alkyl halides is 2. The fraction of sp³-hybridized carbons (Fsp3) is 0.553. The van der Waals surface area contributed by atoms with Crippen molar-refractivity contribution >= 4 is 65.3 Å². The Morgan fingerprint density at radius 3 is 2.06 bits per heavy atom. The highest BCUT2D eigenvalue weighted by atomic mass is 35.5. The van der Waals surface area contributed by atoms with E-state index in [4.69, 9.17) is 65.8 Å². The van der Waals surface area contributed by atoms with Crippen LogP contribution in [0.5, 0.6) is 0 Å². The van der Waals surface area contributed by atoms with Crippen molar-refractivity contribution in [3.63, 3.8) is 0 Å². The van der Waals surface area contributed by atoms with Crippen LogP contribution < -0.4 is 5.32 Å². The average Bonchev–Trinajstić information content (AvgIpc) is 3.26. The number of nitrogens with one attached hydrogen (secondary N) is 1. The minimum absolute atomic E-state index is 0.00678. The molecule has 3 aliphatic carbocycles. The maximum Gasteiger partial charge on any atom is 0.510 e. The van der Waals surface area contributed by atoms with E-state index >= 15 is 4.79 Å². The molecule has 11 atom stereocenters. The quantitative estimate of drug-likeness (QED) is 0.0957. The van der Waals surface area contributed by atoms with Crippen molar-refractivity contribution in [3.05, 3.63) is 82.9 Å². The number of Topliss-reactive ketones (excluding diaryl/α,β-unsaturated/α-hetero) is 1. The molecule has 19 nitrogen and oxygen atoms in total. The summed E-state index contributed by atoms with van der Waals surface area (Å²) in [6, 6.07) is 12.5. The zero-order chi connectivity index (χ0) is 50.1. The van der Waals surface area contributed by atoms with Gasteiger partial charge in [-0.1, -0.05) is 85.6 Å². The molecule has 4 aliphatic rings. The topological polar surface area (TPSA) is 255 Å². The molecule has 1 aliphatic heterocycles. The van der Waals surface area contributed by atoms with E-state index in [-0.39, 0.29) is 28.7 Å². The number of aliphatic hydroxyl groups is 2. The molecule has 2 aromatic carbocycles. The molecule has 2 bridgehead atoms. The van der Waals surface area contributed by atoms with Crippen molar-refractivity contribution in [2.45, 2.75) is 128 Å². The van der Waals surface area contributed by atoms with E-state index in [1.165, 1.54) is 52.0 Å². The normalized spacial score (nSPS) is 30.1. The Balaban J connectivity index is 1.59. The van der Waals surface area contributed by atoms with Crippen molar-refractivity contribution in [2.24, 2.45) is 16.7 Å². The molecular formula is C47H55Cl2NO18. The summed E-state index contributed by atoms with van der Waals surface area (Å²) in [6.07, 6.45) is -15.5. The highest BCUT2D eigenvalue weighted by Crippen LogP contribution is 2.64. The SMILES string of the molecule is CC(=O)O[C@@]12CO[C@@H]1C[C@H](O)[C@@]1(C)C(=O)[C@H](OC(=O)OCCl)C3=C(C)[C@@H](OC(=O)[C@H](OC(=O)OCCl)[C@@H](NC(=O)OC(C)(C)C)c4ccccc4)C[C@@](O)([C@@H](OC(=O)c4ccccc4)[C@H]21)C3(C)C. The standard InChI is InChI=1S/C47H55Cl2NO18/c1-24-28(63-39(55)34(65-42(58)62-23-49)32(26-15-11-9-12-16-26)50-40(56)68-43(3,4)5)20-47(59)37(66-38(54)27-17-13-10-14-18-27)35-45(8,29(52)19-30-46(35,21-60-30)67-25(2)51)36(53)33(31(24)44(47,6)7)64-41(57)61-22-48/h9-18,28-30,32-35,37,52,59H,19-23H2,1-8H3,(H,50,56)/t28-,29-,30+,32-,33+,34+,35-,37-,45+,46-,47+/m0/s1. The average molecular weight is 993 g/mol. The van der Waals surface area contributed by atoms with Gasteiger partial charge in [-0.2, -0.15) is 0 Å². The van der Waals surface area contributed by atoms with Crippen molar-refractivity contribution in [1.82, 2.24) is 5.32 Å². The second kappa shape index (κ2) is 19.9. The van der Waals surface area contributed by atoms with Crippen LogP contribution in [0.1, 0.15) is 90.2 Å². The lowest BCUT2D eigenvalue weighted by Crippen LogP contribution is -2.82. The highest BCUT2D eigenvalue weighted by Gasteiger charge is 2.78. The zero-order valence-corrected chi connectivity index (χ0v) is 40.1. The van der Waals surface area contributed by atoms with Crippen LogP contribution in [0.15, 0.2) is 71.8 Å². The summed E-state index contributed by atoms with van der Waals surface area (Å²) in [4.78, 5) is 97.9. The number of halogens is 2. The number of rotatable bonds is 12. The number of fused-ring (bicyclic) bond motifs is 5. The molecule has 1 saturated heterocycles. The van der Waals surface area contributed by atoms with E-state index < -0.39 is 143 Å². The van der Waals surface area contributed by atoms with E-state index in [2.05, 4.69) is 5.32 Å². The number of ketones is 1. The third-order valence-corrected chi connectivity index (χ3v) is 13.5. The van der Waals surface area contributed by atoms with E-state index in [1.54, 1.807) is 57.2 Å². The molecule has 6 rings (SSSR count). The molecule has 0 radical (unpaired) electrons. The first kappa shape index (κ1) is 51.9. The molecule has 21 heteroatoms. The zero-order valence-electron chi connectivity index (χ0n) is 38.6. The summed E-state index contributed by atoms with van der Waals surface area (Å²) in [5, 5.41) is 28.6. The summed E-state index contributed by atoms with van der Waals surface area (Å²) >= 11 is 11.4. The smallest absolute Gasteiger partial charge is 0.455 e. The molecule has 0 aromatic heterocycles. The molecule has 1 amide bonds. The first-order valence-electron chi connectivity index (χ1n) is 21.6. The minimum atomic E-state index is -2.55. The van der Waals surface area contributed by atoms with Crippen molar-refractivity contribution in [1.29, 1.82) is 0 Å². The lowest BCUT2D eigenvalue weighted by Gasteiger charge is -2.67. The van der Waals surface area contributed by atoms with Gasteiger partial charge >= 0.3 is 36.3 Å². The second-order valence-electron chi connectivity index (χ2n) is 18.8. The van der Waals surface area contributed by atoms with Crippen LogP contribution in [-0.2, 0) is 57.0 Å². The number of carbonyl (C=O) groups is 7. The molecule has 0 unspecified atom stereocenters. The summed E-state index contributed by atoms with van der Waals surface area (Å²) in [6.45, 7) is 11.2. The van der Waals surface area contributed by atoms with Gasteiger partial charge < -0.3 is 58.2 Å². The first-order chi connectivity index (χ1) is 31.9. The molecule has 1 heterocycles. The number of benzene rings is 2. The number of hydrogen-bond acceptors (Lipinski definition) is 18. The fourth-order valence-electron chi connectivity index (χ4n) is 10.1. The van der Waals surface area contributed by atoms with Crippen LogP contribution in [0, 0.1) is 16.7 Å². The molecule has 3 fully saturated rings. The molecule has 2 aromatic rings.